The summed E-state index contributed by atoms with van der Waals surface area (Å²) in [6.45, 7) is 1.74. The normalized spacial score (nSPS) is 18.8. The second kappa shape index (κ2) is 6.85. The molecule has 1 saturated heterocycles. The zero-order valence-electron chi connectivity index (χ0n) is 9.93. The summed E-state index contributed by atoms with van der Waals surface area (Å²) < 4.78 is 5.44. The molecule has 0 N–H and O–H groups in total. The summed E-state index contributed by atoms with van der Waals surface area (Å²) >= 11 is 17.4. The number of rotatable bonds is 4. The zero-order chi connectivity index (χ0) is 13.0. The van der Waals surface area contributed by atoms with Crippen molar-refractivity contribution in [2.75, 3.05) is 24.3 Å². The Morgan fingerprint density at radius 1 is 1.22 bits per heavy atom. The fraction of sp³-hybridized carbons (Fsp3) is 0.538. The Bertz CT molecular complexity index is 408. The summed E-state index contributed by atoms with van der Waals surface area (Å²) in [4.78, 5) is 1.18. The minimum atomic E-state index is 0.342. The first-order valence-corrected chi connectivity index (χ1v) is 8.73. The highest BCUT2D eigenvalue weighted by atomic mass is 79.9. The summed E-state index contributed by atoms with van der Waals surface area (Å²) in [5.41, 5.74) is 0.342. The van der Waals surface area contributed by atoms with Crippen molar-refractivity contribution in [2.45, 2.75) is 17.7 Å². The molecule has 5 heteroatoms. The van der Waals surface area contributed by atoms with Crippen LogP contribution in [0.2, 0.25) is 10.0 Å². The minimum absolute atomic E-state index is 0.342. The molecular weight excluding hydrogens is 355 g/mol. The lowest BCUT2D eigenvalue weighted by Gasteiger charge is -2.35. The van der Waals surface area contributed by atoms with Gasteiger partial charge in [0.1, 0.15) is 0 Å². The molecule has 0 radical (unpaired) electrons. The van der Waals surface area contributed by atoms with Gasteiger partial charge in [-0.1, -0.05) is 39.1 Å². The highest BCUT2D eigenvalue weighted by Crippen LogP contribution is 2.39. The summed E-state index contributed by atoms with van der Waals surface area (Å²) in [6.07, 6.45) is 2.24. The number of hydrogen-bond donors (Lipinski definition) is 0. The summed E-state index contributed by atoms with van der Waals surface area (Å²) in [6, 6.07) is 5.83. The molecule has 1 aromatic carbocycles. The minimum Gasteiger partial charge on any atom is -0.381 e. The number of halogens is 3. The van der Waals surface area contributed by atoms with Gasteiger partial charge < -0.3 is 4.74 Å². The number of hydrogen-bond acceptors (Lipinski definition) is 2. The van der Waals surface area contributed by atoms with Crippen LogP contribution in [0.25, 0.3) is 0 Å². The topological polar surface area (TPSA) is 9.23 Å². The van der Waals surface area contributed by atoms with Crippen molar-refractivity contribution in [3.63, 3.8) is 0 Å². The van der Waals surface area contributed by atoms with Crippen LogP contribution in [0.1, 0.15) is 12.8 Å². The smallest absolute Gasteiger partial charge is 0.0603 e. The fourth-order valence-corrected chi connectivity index (χ4v) is 4.54. The van der Waals surface area contributed by atoms with Crippen LogP contribution >= 0.6 is 50.9 Å². The average Bonchev–Trinajstić information content (AvgIpc) is 2.41. The van der Waals surface area contributed by atoms with Gasteiger partial charge in [0.15, 0.2) is 0 Å². The van der Waals surface area contributed by atoms with E-state index in [1.165, 1.54) is 4.90 Å². The van der Waals surface area contributed by atoms with E-state index in [1.807, 2.05) is 30.0 Å². The fourth-order valence-electron chi connectivity index (χ4n) is 1.92. The molecule has 0 atom stereocenters. The van der Waals surface area contributed by atoms with E-state index in [1.54, 1.807) is 0 Å². The van der Waals surface area contributed by atoms with E-state index < -0.39 is 0 Å². The van der Waals surface area contributed by atoms with Crippen molar-refractivity contribution in [3.05, 3.63) is 28.2 Å². The Morgan fingerprint density at radius 2 is 1.94 bits per heavy atom. The van der Waals surface area contributed by atoms with E-state index in [2.05, 4.69) is 15.9 Å². The molecule has 0 unspecified atom stereocenters. The lowest BCUT2D eigenvalue weighted by molar-refractivity contribution is 0.0374. The van der Waals surface area contributed by atoms with Crippen molar-refractivity contribution in [2.24, 2.45) is 5.41 Å². The molecular formula is C13H15BrCl2OS. The summed E-state index contributed by atoms with van der Waals surface area (Å²) in [5, 5.41) is 2.27. The molecule has 0 amide bonds. The van der Waals surface area contributed by atoms with E-state index in [-0.39, 0.29) is 0 Å². The highest BCUT2D eigenvalue weighted by Gasteiger charge is 2.31. The first-order valence-electron chi connectivity index (χ1n) is 5.87. The van der Waals surface area contributed by atoms with Crippen molar-refractivity contribution >= 4 is 50.9 Å². The predicted octanol–water partition coefficient (Wildman–Crippen LogP) is 5.28. The lowest BCUT2D eigenvalue weighted by Crippen LogP contribution is -2.33. The van der Waals surface area contributed by atoms with Crippen LogP contribution in [0.15, 0.2) is 23.1 Å². The number of benzene rings is 1. The second-order valence-corrected chi connectivity index (χ2v) is 7.03. The quantitative estimate of drug-likeness (QED) is 0.527. The summed E-state index contributed by atoms with van der Waals surface area (Å²) in [7, 11) is 0. The molecule has 1 nitrogen and oxygen atoms in total. The van der Waals surface area contributed by atoms with E-state index in [0.717, 1.165) is 37.1 Å². The number of ether oxygens (including phenoxy) is 1. The van der Waals surface area contributed by atoms with E-state index >= 15 is 0 Å². The Balaban J connectivity index is 1.98. The van der Waals surface area contributed by atoms with Crippen LogP contribution < -0.4 is 0 Å². The van der Waals surface area contributed by atoms with Crippen LogP contribution in [0.3, 0.4) is 0 Å². The van der Waals surface area contributed by atoms with Gasteiger partial charge in [-0.2, -0.15) is 0 Å². The molecule has 1 heterocycles. The molecule has 0 aromatic heterocycles. The Hall–Kier alpha value is 0.590. The SMILES string of the molecule is Clc1ccc(SCC2(CBr)CCOCC2)cc1Cl. The molecule has 18 heavy (non-hydrogen) atoms. The maximum absolute atomic E-state index is 6.03. The van der Waals surface area contributed by atoms with Crippen molar-refractivity contribution in [3.8, 4) is 0 Å². The number of alkyl halides is 1. The summed E-state index contributed by atoms with van der Waals surface area (Å²) in [5.74, 6) is 1.08. The molecule has 0 spiro atoms. The van der Waals surface area contributed by atoms with Gasteiger partial charge in [-0.25, -0.2) is 0 Å². The third-order valence-electron chi connectivity index (χ3n) is 3.27. The molecule has 1 aromatic rings. The molecule has 1 aliphatic heterocycles. The first kappa shape index (κ1) is 15.0. The van der Waals surface area contributed by atoms with Crippen molar-refractivity contribution in [1.82, 2.24) is 0 Å². The van der Waals surface area contributed by atoms with Gasteiger partial charge in [-0.05, 0) is 36.5 Å². The van der Waals surface area contributed by atoms with E-state index in [4.69, 9.17) is 27.9 Å². The van der Waals surface area contributed by atoms with Crippen LogP contribution in [-0.2, 0) is 4.74 Å². The third kappa shape index (κ3) is 3.80. The van der Waals surface area contributed by atoms with E-state index in [0.29, 0.717) is 15.5 Å². The van der Waals surface area contributed by atoms with Gasteiger partial charge >= 0.3 is 0 Å². The van der Waals surface area contributed by atoms with Crippen LogP contribution in [0.4, 0.5) is 0 Å². The molecule has 0 saturated carbocycles. The van der Waals surface area contributed by atoms with Gasteiger partial charge in [-0.3, -0.25) is 0 Å². The number of thioether (sulfide) groups is 1. The molecule has 0 bridgehead atoms. The largest absolute Gasteiger partial charge is 0.381 e. The Morgan fingerprint density at radius 3 is 2.56 bits per heavy atom. The van der Waals surface area contributed by atoms with Gasteiger partial charge in [0.2, 0.25) is 0 Å². The highest BCUT2D eigenvalue weighted by molar-refractivity contribution is 9.09. The molecule has 1 fully saturated rings. The van der Waals surface area contributed by atoms with Crippen LogP contribution in [0, 0.1) is 5.41 Å². The Labute approximate surface area is 131 Å². The van der Waals surface area contributed by atoms with Gasteiger partial charge in [0, 0.05) is 29.2 Å². The van der Waals surface area contributed by atoms with Gasteiger partial charge in [0.05, 0.1) is 10.0 Å². The third-order valence-corrected chi connectivity index (χ3v) is 6.55. The average molecular weight is 370 g/mol. The maximum atomic E-state index is 6.03. The van der Waals surface area contributed by atoms with Gasteiger partial charge in [0.25, 0.3) is 0 Å². The first-order chi connectivity index (χ1) is 8.65. The van der Waals surface area contributed by atoms with E-state index in [9.17, 15) is 0 Å². The van der Waals surface area contributed by atoms with Crippen molar-refractivity contribution < 1.29 is 4.74 Å². The molecule has 1 aliphatic rings. The maximum Gasteiger partial charge on any atom is 0.0603 e. The van der Waals surface area contributed by atoms with Crippen molar-refractivity contribution in [1.29, 1.82) is 0 Å². The standard InChI is InChI=1S/C13H15BrCl2OS/c14-8-13(3-5-17-6-4-13)9-18-10-1-2-11(15)12(16)7-10/h1-2,7H,3-6,8-9H2. The van der Waals surface area contributed by atoms with Gasteiger partial charge in [-0.15, -0.1) is 11.8 Å². The molecule has 100 valence electrons. The van der Waals surface area contributed by atoms with Crippen LogP contribution in [-0.4, -0.2) is 24.3 Å². The molecule has 2 rings (SSSR count). The lowest BCUT2D eigenvalue weighted by atomic mass is 9.85. The molecule has 0 aliphatic carbocycles. The zero-order valence-corrected chi connectivity index (χ0v) is 13.8. The monoisotopic (exact) mass is 368 g/mol. The second-order valence-electron chi connectivity index (χ2n) is 4.61. The van der Waals surface area contributed by atoms with Crippen LogP contribution in [0.5, 0.6) is 0 Å². The Kier molecular flexibility index (Phi) is 5.70. The predicted molar refractivity (Wildman–Crippen MR) is 83.5 cm³/mol.